The number of halogens is 1. The van der Waals surface area contributed by atoms with Crippen LogP contribution in [0.2, 0.25) is 0 Å². The predicted octanol–water partition coefficient (Wildman–Crippen LogP) is 2.35. The van der Waals surface area contributed by atoms with Crippen molar-refractivity contribution in [3.8, 4) is 0 Å². The van der Waals surface area contributed by atoms with E-state index in [4.69, 9.17) is 10.9 Å². The Morgan fingerprint density at radius 2 is 2.21 bits per heavy atom. The lowest BCUT2D eigenvalue weighted by molar-refractivity contribution is 0.0746. The third-order valence-electron chi connectivity index (χ3n) is 3.11. The van der Waals surface area contributed by atoms with E-state index in [9.17, 15) is 4.79 Å². The first kappa shape index (κ1) is 15.5. The van der Waals surface area contributed by atoms with E-state index in [1.54, 1.807) is 18.0 Å². The Kier molecular flexibility index (Phi) is 5.35. The average molecular weight is 328 g/mol. The van der Waals surface area contributed by atoms with E-state index < -0.39 is 0 Å². The fourth-order valence-corrected chi connectivity index (χ4v) is 2.08. The maximum absolute atomic E-state index is 12.4. The highest BCUT2D eigenvalue weighted by Gasteiger charge is 2.20. The molecular weight excluding hydrogens is 310 g/mol. The van der Waals surface area contributed by atoms with Crippen LogP contribution in [0.25, 0.3) is 0 Å². The van der Waals surface area contributed by atoms with Gasteiger partial charge in [0.25, 0.3) is 5.91 Å². The Morgan fingerprint density at radius 3 is 2.79 bits per heavy atom. The van der Waals surface area contributed by atoms with Gasteiger partial charge in [-0.3, -0.25) is 4.79 Å². The van der Waals surface area contributed by atoms with Crippen molar-refractivity contribution in [1.82, 2.24) is 4.90 Å². The van der Waals surface area contributed by atoms with Gasteiger partial charge >= 0.3 is 0 Å². The van der Waals surface area contributed by atoms with Gasteiger partial charge in [-0.2, -0.15) is 0 Å². The fraction of sp³-hybridized carbons (Fsp3) is 0.385. The van der Waals surface area contributed by atoms with E-state index >= 15 is 0 Å². The van der Waals surface area contributed by atoms with Crippen molar-refractivity contribution < 1.29 is 10.0 Å². The summed E-state index contributed by atoms with van der Waals surface area (Å²) in [5.74, 6) is 0.0233. The number of carbonyl (C=O) groups is 1. The second-order valence-electron chi connectivity index (χ2n) is 4.47. The van der Waals surface area contributed by atoms with E-state index in [-0.39, 0.29) is 17.8 Å². The van der Waals surface area contributed by atoms with E-state index in [2.05, 4.69) is 21.1 Å². The van der Waals surface area contributed by atoms with Gasteiger partial charge in [-0.25, -0.2) is 0 Å². The Bertz CT molecular complexity index is 503. The topological polar surface area (TPSA) is 78.9 Å². The van der Waals surface area contributed by atoms with E-state index in [1.807, 2.05) is 26.0 Å². The maximum atomic E-state index is 12.4. The van der Waals surface area contributed by atoms with Crippen LogP contribution in [0.3, 0.4) is 0 Å². The molecule has 0 saturated carbocycles. The Labute approximate surface area is 121 Å². The molecule has 0 saturated heterocycles. The maximum Gasteiger partial charge on any atom is 0.254 e. The highest BCUT2D eigenvalue weighted by molar-refractivity contribution is 9.10. The molecule has 1 aromatic rings. The number of hydrogen-bond donors (Lipinski definition) is 2. The molecule has 0 radical (unpaired) electrons. The normalized spacial score (nSPS) is 13.2. The van der Waals surface area contributed by atoms with Crippen LogP contribution in [-0.4, -0.2) is 34.9 Å². The van der Waals surface area contributed by atoms with Gasteiger partial charge in [0, 0.05) is 29.5 Å². The van der Waals surface area contributed by atoms with Crippen LogP contribution < -0.4 is 5.73 Å². The summed E-state index contributed by atoms with van der Waals surface area (Å²) in [6.07, 6.45) is 0.325. The van der Waals surface area contributed by atoms with Crippen LogP contribution in [-0.2, 0) is 0 Å². The first-order valence-corrected chi connectivity index (χ1v) is 6.66. The van der Waals surface area contributed by atoms with Crippen LogP contribution in [0.15, 0.2) is 27.8 Å². The van der Waals surface area contributed by atoms with E-state index in [0.29, 0.717) is 12.0 Å². The second kappa shape index (κ2) is 6.56. The molecule has 104 valence electrons. The standard InChI is InChI=1S/C13H18BrN3O2/c1-8(7-12(15)16-19)17(3)13(18)10-5-4-6-11(14)9(10)2/h4-6,8,19H,7H2,1-3H3,(H2,15,16). The van der Waals surface area contributed by atoms with Crippen molar-refractivity contribution in [2.24, 2.45) is 10.9 Å². The summed E-state index contributed by atoms with van der Waals surface area (Å²) in [5, 5.41) is 11.5. The number of nitrogens with zero attached hydrogens (tertiary/aromatic N) is 2. The molecule has 1 amide bonds. The number of carbonyl (C=O) groups excluding carboxylic acids is 1. The number of hydrogen-bond acceptors (Lipinski definition) is 3. The number of nitrogens with two attached hydrogens (primary N) is 1. The molecule has 3 N–H and O–H groups in total. The summed E-state index contributed by atoms with van der Waals surface area (Å²) in [4.78, 5) is 14.0. The zero-order chi connectivity index (χ0) is 14.6. The minimum Gasteiger partial charge on any atom is -0.409 e. The van der Waals surface area contributed by atoms with Gasteiger partial charge in [0.1, 0.15) is 5.84 Å². The lowest BCUT2D eigenvalue weighted by Crippen LogP contribution is -2.38. The molecule has 6 heteroatoms. The average Bonchev–Trinajstić information content (AvgIpc) is 2.39. The predicted molar refractivity (Wildman–Crippen MR) is 78.5 cm³/mol. The number of rotatable bonds is 4. The number of amidine groups is 1. The first-order valence-electron chi connectivity index (χ1n) is 5.87. The molecule has 0 aliphatic heterocycles. The van der Waals surface area contributed by atoms with Crippen molar-refractivity contribution in [1.29, 1.82) is 0 Å². The van der Waals surface area contributed by atoms with Gasteiger partial charge in [-0.1, -0.05) is 27.2 Å². The van der Waals surface area contributed by atoms with Crippen molar-refractivity contribution in [2.75, 3.05) is 7.05 Å². The summed E-state index contributed by atoms with van der Waals surface area (Å²) in [7, 11) is 1.71. The molecule has 0 bridgehead atoms. The van der Waals surface area contributed by atoms with E-state index in [0.717, 1.165) is 10.0 Å². The van der Waals surface area contributed by atoms with Crippen LogP contribution in [0.4, 0.5) is 0 Å². The van der Waals surface area contributed by atoms with Gasteiger partial charge in [0.15, 0.2) is 0 Å². The molecule has 1 aromatic carbocycles. The number of amides is 1. The highest BCUT2D eigenvalue weighted by atomic mass is 79.9. The summed E-state index contributed by atoms with van der Waals surface area (Å²) >= 11 is 3.41. The molecule has 19 heavy (non-hydrogen) atoms. The van der Waals surface area contributed by atoms with Gasteiger partial charge in [0.05, 0.1) is 0 Å². The third kappa shape index (κ3) is 3.70. The monoisotopic (exact) mass is 327 g/mol. The number of benzene rings is 1. The van der Waals surface area contributed by atoms with Crippen LogP contribution in [0, 0.1) is 6.92 Å². The van der Waals surface area contributed by atoms with E-state index in [1.165, 1.54) is 0 Å². The molecule has 0 spiro atoms. The molecule has 0 aromatic heterocycles. The second-order valence-corrected chi connectivity index (χ2v) is 5.33. The summed E-state index contributed by atoms with van der Waals surface area (Å²) < 4.78 is 0.899. The summed E-state index contributed by atoms with van der Waals surface area (Å²) in [6, 6.07) is 5.36. The van der Waals surface area contributed by atoms with Crippen LogP contribution in [0.1, 0.15) is 29.3 Å². The quantitative estimate of drug-likeness (QED) is 0.385. The molecule has 0 aliphatic rings. The Morgan fingerprint density at radius 1 is 1.58 bits per heavy atom. The molecule has 1 rings (SSSR count). The highest BCUT2D eigenvalue weighted by Crippen LogP contribution is 2.21. The zero-order valence-electron chi connectivity index (χ0n) is 11.2. The lowest BCUT2D eigenvalue weighted by atomic mass is 10.1. The largest absolute Gasteiger partial charge is 0.409 e. The van der Waals surface area contributed by atoms with Crippen molar-refractivity contribution >= 4 is 27.7 Å². The Hall–Kier alpha value is -1.56. The molecule has 0 aliphatic carbocycles. The SMILES string of the molecule is Cc1c(Br)cccc1C(=O)N(C)C(C)CC(N)=NO. The van der Waals surface area contributed by atoms with Gasteiger partial charge in [-0.05, 0) is 31.5 Å². The van der Waals surface area contributed by atoms with Gasteiger partial charge < -0.3 is 15.8 Å². The fourth-order valence-electron chi connectivity index (χ4n) is 1.71. The van der Waals surface area contributed by atoms with Crippen LogP contribution >= 0.6 is 15.9 Å². The number of oxime groups is 1. The third-order valence-corrected chi connectivity index (χ3v) is 3.97. The molecule has 1 unspecified atom stereocenters. The summed E-state index contributed by atoms with van der Waals surface area (Å²) in [6.45, 7) is 3.74. The molecule has 0 fully saturated rings. The Balaban J connectivity index is 2.90. The molecular formula is C13H18BrN3O2. The minimum absolute atomic E-state index is 0.0861. The van der Waals surface area contributed by atoms with Gasteiger partial charge in [-0.15, -0.1) is 0 Å². The smallest absolute Gasteiger partial charge is 0.254 e. The zero-order valence-corrected chi connectivity index (χ0v) is 12.8. The van der Waals surface area contributed by atoms with Crippen molar-refractivity contribution in [3.63, 3.8) is 0 Å². The molecule has 5 nitrogen and oxygen atoms in total. The molecule has 0 heterocycles. The van der Waals surface area contributed by atoms with Crippen LogP contribution in [0.5, 0.6) is 0 Å². The minimum atomic E-state index is -0.151. The molecule has 1 atom stereocenters. The summed E-state index contributed by atoms with van der Waals surface area (Å²) in [5.41, 5.74) is 7.00. The first-order chi connectivity index (χ1) is 8.88. The van der Waals surface area contributed by atoms with Gasteiger partial charge in [0.2, 0.25) is 0 Å². The van der Waals surface area contributed by atoms with Crippen molar-refractivity contribution in [2.45, 2.75) is 26.3 Å². The lowest BCUT2D eigenvalue weighted by Gasteiger charge is -2.25. The van der Waals surface area contributed by atoms with Crippen molar-refractivity contribution in [3.05, 3.63) is 33.8 Å².